The molecule has 0 unspecified atom stereocenters. The zero-order valence-corrected chi connectivity index (χ0v) is 15.7. The number of amides is 1. The van der Waals surface area contributed by atoms with Gasteiger partial charge in [-0.1, -0.05) is 60.2 Å². The summed E-state index contributed by atoms with van der Waals surface area (Å²) in [5.41, 5.74) is 5.06. The van der Waals surface area contributed by atoms with Crippen LogP contribution in [-0.4, -0.2) is 15.7 Å². The minimum atomic E-state index is -0.111. The first-order valence-electron chi connectivity index (χ1n) is 8.71. The van der Waals surface area contributed by atoms with Gasteiger partial charge in [0.25, 0.3) is 5.91 Å². The lowest BCUT2D eigenvalue weighted by Crippen LogP contribution is -2.10. The summed E-state index contributed by atoms with van der Waals surface area (Å²) < 4.78 is 1.82. The molecule has 0 bridgehead atoms. The van der Waals surface area contributed by atoms with Crippen molar-refractivity contribution in [2.45, 2.75) is 13.5 Å². The zero-order chi connectivity index (χ0) is 18.6. The summed E-state index contributed by atoms with van der Waals surface area (Å²) in [5.74, 6) is -0.111. The SMILES string of the molecule is Cc1ccc(-c2ccsc2C(=O)Nc2cnn(Cc3ccccc3)c2)cc1. The number of carbonyl (C=O) groups excluding carboxylic acids is 1. The Bertz CT molecular complexity index is 1050. The number of anilines is 1. The minimum absolute atomic E-state index is 0.111. The second kappa shape index (κ2) is 7.60. The molecule has 0 atom stereocenters. The van der Waals surface area contributed by atoms with Crippen LogP contribution in [0.25, 0.3) is 11.1 Å². The van der Waals surface area contributed by atoms with E-state index in [1.165, 1.54) is 22.5 Å². The summed E-state index contributed by atoms with van der Waals surface area (Å²) in [7, 11) is 0. The van der Waals surface area contributed by atoms with Gasteiger partial charge in [-0.2, -0.15) is 5.10 Å². The Labute approximate surface area is 162 Å². The topological polar surface area (TPSA) is 46.9 Å². The van der Waals surface area contributed by atoms with Crippen LogP contribution in [0.5, 0.6) is 0 Å². The highest BCUT2D eigenvalue weighted by Gasteiger charge is 2.15. The highest BCUT2D eigenvalue weighted by atomic mass is 32.1. The van der Waals surface area contributed by atoms with Crippen molar-refractivity contribution in [1.82, 2.24) is 9.78 Å². The molecule has 4 aromatic rings. The van der Waals surface area contributed by atoms with E-state index in [0.29, 0.717) is 17.1 Å². The van der Waals surface area contributed by atoms with Crippen LogP contribution in [0.15, 0.2) is 78.4 Å². The van der Waals surface area contributed by atoms with E-state index in [9.17, 15) is 4.79 Å². The zero-order valence-electron chi connectivity index (χ0n) is 14.9. The smallest absolute Gasteiger partial charge is 0.266 e. The fourth-order valence-corrected chi connectivity index (χ4v) is 3.73. The number of aromatic nitrogens is 2. The normalized spacial score (nSPS) is 10.7. The van der Waals surface area contributed by atoms with Gasteiger partial charge in [0.1, 0.15) is 0 Å². The van der Waals surface area contributed by atoms with Crippen LogP contribution in [-0.2, 0) is 6.54 Å². The Kier molecular flexibility index (Phi) is 4.85. The molecule has 2 heterocycles. The standard InChI is InChI=1S/C22H19N3OS/c1-16-7-9-18(10-8-16)20-11-12-27-21(20)22(26)24-19-13-23-25(15-19)14-17-5-3-2-4-6-17/h2-13,15H,14H2,1H3,(H,24,26). The predicted molar refractivity (Wildman–Crippen MR) is 110 cm³/mol. The Balaban J connectivity index is 1.49. The summed E-state index contributed by atoms with van der Waals surface area (Å²) in [6.45, 7) is 2.72. The number of benzene rings is 2. The molecule has 4 nitrogen and oxygen atoms in total. The molecular weight excluding hydrogens is 354 g/mol. The first kappa shape index (κ1) is 17.2. The van der Waals surface area contributed by atoms with Gasteiger partial charge in [-0.3, -0.25) is 9.48 Å². The van der Waals surface area contributed by atoms with Gasteiger partial charge in [-0.15, -0.1) is 11.3 Å². The van der Waals surface area contributed by atoms with E-state index < -0.39 is 0 Å². The summed E-state index contributed by atoms with van der Waals surface area (Å²) in [4.78, 5) is 13.5. The van der Waals surface area contributed by atoms with Crippen molar-refractivity contribution in [2.75, 3.05) is 5.32 Å². The molecule has 5 heteroatoms. The Morgan fingerprint density at radius 1 is 1.07 bits per heavy atom. The summed E-state index contributed by atoms with van der Waals surface area (Å²) in [6, 6.07) is 20.3. The molecule has 0 saturated carbocycles. The maximum atomic E-state index is 12.8. The first-order chi connectivity index (χ1) is 13.2. The van der Waals surface area contributed by atoms with Crippen molar-refractivity contribution in [1.29, 1.82) is 0 Å². The van der Waals surface area contributed by atoms with E-state index in [1.807, 2.05) is 52.7 Å². The lowest BCUT2D eigenvalue weighted by Gasteiger charge is -2.05. The Morgan fingerprint density at radius 3 is 2.63 bits per heavy atom. The molecule has 0 spiro atoms. The van der Waals surface area contributed by atoms with Crippen molar-refractivity contribution < 1.29 is 4.79 Å². The van der Waals surface area contributed by atoms with Gasteiger partial charge in [0.05, 0.1) is 23.3 Å². The van der Waals surface area contributed by atoms with E-state index in [4.69, 9.17) is 0 Å². The lowest BCUT2D eigenvalue weighted by molar-refractivity contribution is 0.103. The molecule has 1 amide bonds. The van der Waals surface area contributed by atoms with Gasteiger partial charge in [0.2, 0.25) is 0 Å². The first-order valence-corrected chi connectivity index (χ1v) is 9.59. The fourth-order valence-electron chi connectivity index (χ4n) is 2.92. The molecule has 0 saturated heterocycles. The molecule has 2 aromatic carbocycles. The Hall–Kier alpha value is -3.18. The highest BCUT2D eigenvalue weighted by molar-refractivity contribution is 7.12. The van der Waals surface area contributed by atoms with Gasteiger partial charge in [0, 0.05) is 11.8 Å². The summed E-state index contributed by atoms with van der Waals surface area (Å²) in [5, 5.41) is 9.25. The number of nitrogens with one attached hydrogen (secondary N) is 1. The van der Waals surface area contributed by atoms with Crippen LogP contribution in [0, 0.1) is 6.92 Å². The molecule has 27 heavy (non-hydrogen) atoms. The van der Waals surface area contributed by atoms with Crippen LogP contribution >= 0.6 is 11.3 Å². The quantitative estimate of drug-likeness (QED) is 0.521. The average Bonchev–Trinajstić information content (AvgIpc) is 3.33. The number of nitrogens with zero attached hydrogens (tertiary/aromatic N) is 2. The fraction of sp³-hybridized carbons (Fsp3) is 0.0909. The highest BCUT2D eigenvalue weighted by Crippen LogP contribution is 2.29. The third kappa shape index (κ3) is 3.99. The molecule has 2 aromatic heterocycles. The van der Waals surface area contributed by atoms with E-state index in [-0.39, 0.29) is 5.91 Å². The number of hydrogen-bond acceptors (Lipinski definition) is 3. The molecule has 134 valence electrons. The predicted octanol–water partition coefficient (Wildman–Crippen LogP) is 5.22. The van der Waals surface area contributed by atoms with E-state index in [1.54, 1.807) is 6.20 Å². The van der Waals surface area contributed by atoms with Crippen molar-refractivity contribution >= 4 is 22.9 Å². The van der Waals surface area contributed by atoms with Crippen LogP contribution in [0.2, 0.25) is 0 Å². The van der Waals surface area contributed by atoms with Crippen LogP contribution in [0.3, 0.4) is 0 Å². The lowest BCUT2D eigenvalue weighted by atomic mass is 10.0. The van der Waals surface area contributed by atoms with Crippen molar-refractivity contribution in [3.63, 3.8) is 0 Å². The van der Waals surface area contributed by atoms with Gasteiger partial charge in [-0.25, -0.2) is 0 Å². The maximum Gasteiger partial charge on any atom is 0.266 e. The van der Waals surface area contributed by atoms with Crippen molar-refractivity contribution in [3.8, 4) is 11.1 Å². The molecule has 0 fully saturated rings. The number of carbonyl (C=O) groups is 1. The number of aryl methyl sites for hydroxylation is 1. The summed E-state index contributed by atoms with van der Waals surface area (Å²) in [6.07, 6.45) is 3.53. The second-order valence-corrected chi connectivity index (χ2v) is 7.31. The van der Waals surface area contributed by atoms with Gasteiger partial charge >= 0.3 is 0 Å². The second-order valence-electron chi connectivity index (χ2n) is 6.40. The molecule has 1 N–H and O–H groups in total. The van der Waals surface area contributed by atoms with Gasteiger partial charge in [0.15, 0.2) is 0 Å². The third-order valence-corrected chi connectivity index (χ3v) is 5.23. The number of hydrogen-bond donors (Lipinski definition) is 1. The van der Waals surface area contributed by atoms with E-state index >= 15 is 0 Å². The van der Waals surface area contributed by atoms with Crippen LogP contribution in [0.1, 0.15) is 20.8 Å². The van der Waals surface area contributed by atoms with Crippen LogP contribution < -0.4 is 5.32 Å². The average molecular weight is 373 g/mol. The van der Waals surface area contributed by atoms with Gasteiger partial charge < -0.3 is 5.32 Å². The minimum Gasteiger partial charge on any atom is -0.319 e. The monoisotopic (exact) mass is 373 g/mol. The molecular formula is C22H19N3OS. The van der Waals surface area contributed by atoms with Crippen molar-refractivity contribution in [2.24, 2.45) is 0 Å². The van der Waals surface area contributed by atoms with E-state index in [0.717, 1.165) is 11.1 Å². The van der Waals surface area contributed by atoms with Crippen LogP contribution in [0.4, 0.5) is 5.69 Å². The third-order valence-electron chi connectivity index (χ3n) is 4.31. The molecule has 4 rings (SSSR count). The molecule has 0 aliphatic carbocycles. The number of thiophene rings is 1. The largest absolute Gasteiger partial charge is 0.319 e. The molecule has 0 aliphatic heterocycles. The van der Waals surface area contributed by atoms with Gasteiger partial charge in [-0.05, 0) is 29.5 Å². The maximum absolute atomic E-state index is 12.8. The Morgan fingerprint density at radius 2 is 1.85 bits per heavy atom. The number of rotatable bonds is 5. The van der Waals surface area contributed by atoms with E-state index in [2.05, 4.69) is 41.6 Å². The molecule has 0 aliphatic rings. The van der Waals surface area contributed by atoms with Crippen molar-refractivity contribution in [3.05, 3.63) is 94.4 Å². The summed E-state index contributed by atoms with van der Waals surface area (Å²) >= 11 is 1.45. The molecule has 0 radical (unpaired) electrons.